The number of thiophene rings is 1. The van der Waals surface area contributed by atoms with Crippen LogP contribution in [0.3, 0.4) is 0 Å². The molecular formula is C20H25N3O3S2. The molecule has 1 atom stereocenters. The van der Waals surface area contributed by atoms with Gasteiger partial charge < -0.3 is 10.2 Å². The van der Waals surface area contributed by atoms with E-state index in [0.29, 0.717) is 6.42 Å². The van der Waals surface area contributed by atoms with Gasteiger partial charge in [0.15, 0.2) is 0 Å². The Hall–Kier alpha value is -1.74. The first kappa shape index (κ1) is 19.6. The third kappa shape index (κ3) is 3.87. The number of nitrogens with one attached hydrogen (secondary N) is 1. The predicted octanol–water partition coefficient (Wildman–Crippen LogP) is 2.07. The third-order valence-electron chi connectivity index (χ3n) is 5.63. The topological polar surface area (TPSA) is 69.7 Å². The van der Waals surface area contributed by atoms with E-state index in [1.807, 2.05) is 24.3 Å². The van der Waals surface area contributed by atoms with Crippen LogP contribution in [0, 0.1) is 0 Å². The number of carbonyl (C=O) groups excluding carboxylic acids is 1. The quantitative estimate of drug-likeness (QED) is 0.824. The summed E-state index contributed by atoms with van der Waals surface area (Å²) in [5, 5.41) is 4.87. The maximum Gasteiger partial charge on any atom is 0.253 e. The van der Waals surface area contributed by atoms with Crippen molar-refractivity contribution in [1.29, 1.82) is 0 Å². The van der Waals surface area contributed by atoms with Crippen molar-refractivity contribution >= 4 is 27.3 Å². The molecule has 1 amide bonds. The van der Waals surface area contributed by atoms with Crippen LogP contribution in [-0.4, -0.2) is 55.8 Å². The second-order valence-electron chi connectivity index (χ2n) is 7.56. The van der Waals surface area contributed by atoms with Crippen LogP contribution in [0.2, 0.25) is 0 Å². The summed E-state index contributed by atoms with van der Waals surface area (Å²) in [4.78, 5) is 15.4. The summed E-state index contributed by atoms with van der Waals surface area (Å²) in [6.07, 6.45) is 2.19. The van der Waals surface area contributed by atoms with E-state index in [9.17, 15) is 13.2 Å². The fourth-order valence-electron chi connectivity index (χ4n) is 3.95. The predicted molar refractivity (Wildman–Crippen MR) is 110 cm³/mol. The molecule has 1 aromatic carbocycles. The van der Waals surface area contributed by atoms with Gasteiger partial charge in [0, 0.05) is 12.6 Å². The van der Waals surface area contributed by atoms with E-state index < -0.39 is 16.1 Å². The Morgan fingerprint density at radius 3 is 2.50 bits per heavy atom. The Kier molecular flexibility index (Phi) is 5.55. The highest BCUT2D eigenvalue weighted by atomic mass is 32.2. The van der Waals surface area contributed by atoms with Crippen LogP contribution in [0.5, 0.6) is 0 Å². The molecule has 0 bridgehead atoms. The van der Waals surface area contributed by atoms with E-state index in [1.165, 1.54) is 15.6 Å². The van der Waals surface area contributed by atoms with Gasteiger partial charge in [0.2, 0.25) is 5.91 Å². The SMILES string of the molecule is CN1CCC(NC(=O)C2Cc3ccccc3CN2S(=O)(=O)c2cccs2)CC1. The highest BCUT2D eigenvalue weighted by Crippen LogP contribution is 2.31. The number of rotatable bonds is 4. The summed E-state index contributed by atoms with van der Waals surface area (Å²) in [5.41, 5.74) is 2.01. The zero-order valence-electron chi connectivity index (χ0n) is 15.9. The molecular weight excluding hydrogens is 394 g/mol. The summed E-state index contributed by atoms with van der Waals surface area (Å²) >= 11 is 1.19. The van der Waals surface area contributed by atoms with Gasteiger partial charge >= 0.3 is 0 Å². The molecule has 2 aliphatic heterocycles. The Morgan fingerprint density at radius 2 is 1.82 bits per heavy atom. The molecule has 28 heavy (non-hydrogen) atoms. The van der Waals surface area contributed by atoms with Crippen LogP contribution in [0.1, 0.15) is 24.0 Å². The van der Waals surface area contributed by atoms with Crippen LogP contribution in [-0.2, 0) is 27.8 Å². The molecule has 0 radical (unpaired) electrons. The lowest BCUT2D eigenvalue weighted by atomic mass is 9.95. The van der Waals surface area contributed by atoms with Crippen molar-refractivity contribution in [2.24, 2.45) is 0 Å². The van der Waals surface area contributed by atoms with Gasteiger partial charge in [-0.1, -0.05) is 30.3 Å². The molecule has 1 N–H and O–H groups in total. The van der Waals surface area contributed by atoms with Crippen LogP contribution < -0.4 is 5.32 Å². The standard InChI is InChI=1S/C20H25N3O3S2/c1-22-10-8-17(9-11-22)21-20(24)18-13-15-5-2-3-6-16(15)14-23(18)28(25,26)19-7-4-12-27-19/h2-7,12,17-18H,8-11,13-14H2,1H3,(H,21,24). The first-order chi connectivity index (χ1) is 13.4. The van der Waals surface area contributed by atoms with Crippen LogP contribution >= 0.6 is 11.3 Å². The van der Waals surface area contributed by atoms with Gasteiger partial charge in [-0.3, -0.25) is 4.79 Å². The maximum atomic E-state index is 13.3. The van der Waals surface area contributed by atoms with E-state index in [-0.39, 0.29) is 22.7 Å². The largest absolute Gasteiger partial charge is 0.352 e. The Labute approximate surface area is 170 Å². The first-order valence-electron chi connectivity index (χ1n) is 9.56. The average Bonchev–Trinajstić information content (AvgIpc) is 3.24. The molecule has 1 unspecified atom stereocenters. The van der Waals surface area contributed by atoms with Crippen LogP contribution in [0.25, 0.3) is 0 Å². The molecule has 0 aliphatic carbocycles. The highest BCUT2D eigenvalue weighted by Gasteiger charge is 2.40. The lowest BCUT2D eigenvalue weighted by molar-refractivity contribution is -0.126. The number of nitrogens with zero attached hydrogens (tertiary/aromatic N) is 2. The van der Waals surface area contributed by atoms with Crippen molar-refractivity contribution in [2.75, 3.05) is 20.1 Å². The summed E-state index contributed by atoms with van der Waals surface area (Å²) in [6, 6.07) is 10.5. The van der Waals surface area contributed by atoms with Gasteiger partial charge in [0.1, 0.15) is 10.3 Å². The Balaban J connectivity index is 1.61. The molecule has 1 saturated heterocycles. The molecule has 2 aliphatic rings. The minimum Gasteiger partial charge on any atom is -0.352 e. The number of hydrogen-bond acceptors (Lipinski definition) is 5. The lowest BCUT2D eigenvalue weighted by Gasteiger charge is -2.36. The highest BCUT2D eigenvalue weighted by molar-refractivity contribution is 7.91. The number of piperidine rings is 1. The van der Waals surface area contributed by atoms with Gasteiger partial charge in [-0.05, 0) is 62.0 Å². The monoisotopic (exact) mass is 419 g/mol. The summed E-state index contributed by atoms with van der Waals surface area (Å²) in [5.74, 6) is -0.191. The van der Waals surface area contributed by atoms with E-state index in [2.05, 4.69) is 17.3 Å². The summed E-state index contributed by atoms with van der Waals surface area (Å²) < 4.78 is 28.2. The second kappa shape index (κ2) is 7.94. The molecule has 1 fully saturated rings. The van der Waals surface area contributed by atoms with Gasteiger partial charge in [-0.2, -0.15) is 4.31 Å². The zero-order valence-corrected chi connectivity index (χ0v) is 17.5. The number of carbonyl (C=O) groups is 1. The summed E-state index contributed by atoms with van der Waals surface area (Å²) in [7, 11) is -1.65. The molecule has 150 valence electrons. The van der Waals surface area contributed by atoms with Crippen molar-refractivity contribution in [3.05, 3.63) is 52.9 Å². The second-order valence-corrected chi connectivity index (χ2v) is 10.6. The van der Waals surface area contributed by atoms with Crippen LogP contribution in [0.15, 0.2) is 46.0 Å². The molecule has 8 heteroatoms. The molecule has 0 saturated carbocycles. The number of benzene rings is 1. The van der Waals surface area contributed by atoms with E-state index >= 15 is 0 Å². The van der Waals surface area contributed by atoms with Gasteiger partial charge in [0.25, 0.3) is 10.0 Å². The third-order valence-corrected chi connectivity index (χ3v) is 8.86. The minimum absolute atomic E-state index is 0.104. The van der Waals surface area contributed by atoms with E-state index in [1.54, 1.807) is 17.5 Å². The minimum atomic E-state index is -3.72. The zero-order chi connectivity index (χ0) is 19.7. The van der Waals surface area contributed by atoms with E-state index in [4.69, 9.17) is 0 Å². The number of likely N-dealkylation sites (tertiary alicyclic amines) is 1. The van der Waals surface area contributed by atoms with Gasteiger partial charge in [0.05, 0.1) is 0 Å². The fraction of sp³-hybridized carbons (Fsp3) is 0.450. The van der Waals surface area contributed by atoms with Crippen molar-refractivity contribution in [3.63, 3.8) is 0 Å². The van der Waals surface area contributed by atoms with Gasteiger partial charge in [-0.15, -0.1) is 11.3 Å². The molecule has 6 nitrogen and oxygen atoms in total. The molecule has 3 heterocycles. The molecule has 2 aromatic rings. The summed E-state index contributed by atoms with van der Waals surface area (Å²) in [6.45, 7) is 2.10. The van der Waals surface area contributed by atoms with Crippen molar-refractivity contribution in [3.8, 4) is 0 Å². The van der Waals surface area contributed by atoms with Crippen LogP contribution in [0.4, 0.5) is 0 Å². The number of amides is 1. The van der Waals surface area contributed by atoms with Crippen molar-refractivity contribution in [1.82, 2.24) is 14.5 Å². The molecule has 0 spiro atoms. The first-order valence-corrected chi connectivity index (χ1v) is 11.9. The normalized spacial score (nSPS) is 22.0. The molecule has 1 aromatic heterocycles. The Bertz CT molecular complexity index is 935. The smallest absolute Gasteiger partial charge is 0.253 e. The lowest BCUT2D eigenvalue weighted by Crippen LogP contribution is -2.55. The van der Waals surface area contributed by atoms with E-state index in [0.717, 1.165) is 37.1 Å². The number of fused-ring (bicyclic) bond motifs is 1. The van der Waals surface area contributed by atoms with Crippen molar-refractivity contribution in [2.45, 2.75) is 42.1 Å². The van der Waals surface area contributed by atoms with Crippen molar-refractivity contribution < 1.29 is 13.2 Å². The number of sulfonamides is 1. The average molecular weight is 420 g/mol. The maximum absolute atomic E-state index is 13.3. The number of hydrogen-bond donors (Lipinski definition) is 1. The fourth-order valence-corrected chi connectivity index (χ4v) is 6.64. The molecule has 4 rings (SSSR count). The Morgan fingerprint density at radius 1 is 1.11 bits per heavy atom. The van der Waals surface area contributed by atoms with Gasteiger partial charge in [-0.25, -0.2) is 8.42 Å².